The summed E-state index contributed by atoms with van der Waals surface area (Å²) in [7, 11) is 0. The van der Waals surface area contributed by atoms with Crippen LogP contribution in [0.4, 0.5) is 5.82 Å². The van der Waals surface area contributed by atoms with Crippen molar-refractivity contribution in [2.45, 2.75) is 19.4 Å². The van der Waals surface area contributed by atoms with E-state index >= 15 is 0 Å². The molecule has 2 aromatic carbocycles. The fourth-order valence-corrected chi connectivity index (χ4v) is 2.96. The van der Waals surface area contributed by atoms with Gasteiger partial charge in [0.25, 0.3) is 5.91 Å². The van der Waals surface area contributed by atoms with Crippen LogP contribution in [0.1, 0.15) is 12.5 Å². The summed E-state index contributed by atoms with van der Waals surface area (Å²) in [5.41, 5.74) is 0.814. The summed E-state index contributed by atoms with van der Waals surface area (Å²) in [5, 5.41) is 5.20. The van der Waals surface area contributed by atoms with Crippen molar-refractivity contribution >= 4 is 51.7 Å². The predicted octanol–water partition coefficient (Wildman–Crippen LogP) is 4.65. The van der Waals surface area contributed by atoms with Gasteiger partial charge >= 0.3 is 5.97 Å². The highest BCUT2D eigenvalue weighted by atomic mass is 35.5. The van der Waals surface area contributed by atoms with E-state index in [9.17, 15) is 9.59 Å². The van der Waals surface area contributed by atoms with Crippen molar-refractivity contribution in [3.63, 3.8) is 0 Å². The Bertz CT molecular complexity index is 1010. The normalized spacial score (nSPS) is 11.8. The van der Waals surface area contributed by atoms with Crippen LogP contribution in [0.15, 0.2) is 54.7 Å². The van der Waals surface area contributed by atoms with Gasteiger partial charge in [-0.1, -0.05) is 65.7 Å². The second-order valence-electron chi connectivity index (χ2n) is 5.96. The SMILES string of the molecule is C[C@H](OC(=O)Cc1ccc2ccccc2c1)C(=O)Nc1ncc(Cl)cc1Cl. The molecule has 27 heavy (non-hydrogen) atoms. The van der Waals surface area contributed by atoms with Gasteiger partial charge in [0.15, 0.2) is 11.9 Å². The van der Waals surface area contributed by atoms with Gasteiger partial charge in [-0.25, -0.2) is 4.98 Å². The molecule has 1 N–H and O–H groups in total. The quantitative estimate of drug-likeness (QED) is 0.630. The molecule has 5 nitrogen and oxygen atoms in total. The molecule has 3 rings (SSSR count). The van der Waals surface area contributed by atoms with Crippen LogP contribution in [0, 0.1) is 0 Å². The molecular formula is C20H16Cl2N2O3. The third-order valence-corrected chi connectivity index (χ3v) is 4.38. The smallest absolute Gasteiger partial charge is 0.311 e. The van der Waals surface area contributed by atoms with Gasteiger partial charge < -0.3 is 10.1 Å². The molecule has 0 spiro atoms. The molecule has 0 radical (unpaired) electrons. The molecule has 0 saturated heterocycles. The van der Waals surface area contributed by atoms with Crippen LogP contribution in [-0.4, -0.2) is 23.0 Å². The maximum absolute atomic E-state index is 12.2. The van der Waals surface area contributed by atoms with E-state index in [0.717, 1.165) is 16.3 Å². The zero-order chi connectivity index (χ0) is 19.4. The molecule has 1 heterocycles. The molecule has 3 aromatic rings. The molecule has 138 valence electrons. The van der Waals surface area contributed by atoms with Crippen molar-refractivity contribution in [3.05, 3.63) is 70.3 Å². The lowest BCUT2D eigenvalue weighted by Crippen LogP contribution is -2.30. The molecule has 1 amide bonds. The first-order chi connectivity index (χ1) is 12.9. The lowest BCUT2D eigenvalue weighted by molar-refractivity contribution is -0.152. The van der Waals surface area contributed by atoms with Crippen molar-refractivity contribution in [1.29, 1.82) is 0 Å². The van der Waals surface area contributed by atoms with E-state index in [2.05, 4.69) is 10.3 Å². The van der Waals surface area contributed by atoms with Crippen LogP contribution in [0.5, 0.6) is 0 Å². The number of carbonyl (C=O) groups is 2. The van der Waals surface area contributed by atoms with Crippen molar-refractivity contribution in [1.82, 2.24) is 4.98 Å². The number of anilines is 1. The molecule has 1 atom stereocenters. The van der Waals surface area contributed by atoms with Gasteiger partial charge in [0, 0.05) is 6.20 Å². The van der Waals surface area contributed by atoms with Crippen LogP contribution in [0.3, 0.4) is 0 Å². The Balaban J connectivity index is 1.59. The van der Waals surface area contributed by atoms with E-state index in [1.54, 1.807) is 0 Å². The number of amides is 1. The third kappa shape index (κ3) is 4.96. The van der Waals surface area contributed by atoms with E-state index in [1.807, 2.05) is 42.5 Å². The summed E-state index contributed by atoms with van der Waals surface area (Å²) in [6.45, 7) is 1.48. The number of hydrogen-bond acceptors (Lipinski definition) is 4. The number of fused-ring (bicyclic) bond motifs is 1. The standard InChI is InChI=1S/C20H16Cl2N2O3/c1-12(20(26)24-19-17(22)10-16(21)11-23-19)27-18(25)9-13-6-7-14-4-2-3-5-15(14)8-13/h2-8,10-12H,9H2,1H3,(H,23,24,26)/t12-/m0/s1. The van der Waals surface area contributed by atoms with Crippen molar-refractivity contribution in [3.8, 4) is 0 Å². The maximum atomic E-state index is 12.2. The number of esters is 1. The third-order valence-electron chi connectivity index (χ3n) is 3.89. The zero-order valence-corrected chi connectivity index (χ0v) is 15.9. The largest absolute Gasteiger partial charge is 0.452 e. The summed E-state index contributed by atoms with van der Waals surface area (Å²) >= 11 is 11.7. The van der Waals surface area contributed by atoms with Crippen LogP contribution < -0.4 is 5.32 Å². The van der Waals surface area contributed by atoms with Crippen molar-refractivity contribution in [2.75, 3.05) is 5.32 Å². The number of pyridine rings is 1. The minimum atomic E-state index is -0.994. The van der Waals surface area contributed by atoms with Gasteiger partial charge in [-0.3, -0.25) is 9.59 Å². The zero-order valence-electron chi connectivity index (χ0n) is 14.4. The van der Waals surface area contributed by atoms with Gasteiger partial charge in [0.05, 0.1) is 16.5 Å². The Morgan fingerprint density at radius 2 is 1.85 bits per heavy atom. The summed E-state index contributed by atoms with van der Waals surface area (Å²) in [6.07, 6.45) is 0.438. The molecule has 7 heteroatoms. The molecule has 1 aromatic heterocycles. The Labute approximate surface area is 166 Å². The topological polar surface area (TPSA) is 68.3 Å². The number of carbonyl (C=O) groups excluding carboxylic acids is 2. The fourth-order valence-electron chi connectivity index (χ4n) is 2.53. The Hall–Kier alpha value is -2.63. The van der Waals surface area contributed by atoms with Gasteiger partial charge in [0.1, 0.15) is 0 Å². The minimum absolute atomic E-state index is 0.0718. The summed E-state index contributed by atoms with van der Waals surface area (Å²) in [4.78, 5) is 28.3. The van der Waals surface area contributed by atoms with Gasteiger partial charge in [-0.05, 0) is 29.3 Å². The molecule has 0 aliphatic rings. The number of nitrogens with zero attached hydrogens (tertiary/aromatic N) is 1. The Morgan fingerprint density at radius 1 is 1.11 bits per heavy atom. The summed E-state index contributed by atoms with van der Waals surface area (Å²) < 4.78 is 5.22. The van der Waals surface area contributed by atoms with Crippen LogP contribution in [0.25, 0.3) is 10.8 Å². The van der Waals surface area contributed by atoms with E-state index in [1.165, 1.54) is 19.2 Å². The average Bonchev–Trinajstić information content (AvgIpc) is 2.63. The number of halogens is 2. The first-order valence-corrected chi connectivity index (χ1v) is 8.97. The first-order valence-electron chi connectivity index (χ1n) is 8.21. The predicted molar refractivity (Wildman–Crippen MR) is 106 cm³/mol. The number of aromatic nitrogens is 1. The number of hydrogen-bond donors (Lipinski definition) is 1. The Morgan fingerprint density at radius 3 is 2.59 bits per heavy atom. The van der Waals surface area contributed by atoms with Crippen LogP contribution in [0.2, 0.25) is 10.0 Å². The fraction of sp³-hybridized carbons (Fsp3) is 0.150. The highest BCUT2D eigenvalue weighted by Crippen LogP contribution is 2.22. The lowest BCUT2D eigenvalue weighted by atomic mass is 10.1. The number of benzene rings is 2. The summed E-state index contributed by atoms with van der Waals surface area (Å²) in [5.74, 6) is -0.870. The van der Waals surface area contributed by atoms with Crippen LogP contribution >= 0.6 is 23.2 Å². The van der Waals surface area contributed by atoms with E-state index in [-0.39, 0.29) is 17.3 Å². The summed E-state index contributed by atoms with van der Waals surface area (Å²) in [6, 6.07) is 15.1. The monoisotopic (exact) mass is 402 g/mol. The maximum Gasteiger partial charge on any atom is 0.311 e. The number of rotatable bonds is 5. The second kappa shape index (κ2) is 8.37. The molecule has 0 unspecified atom stereocenters. The van der Waals surface area contributed by atoms with E-state index < -0.39 is 18.0 Å². The number of ether oxygens (including phenoxy) is 1. The van der Waals surface area contributed by atoms with Gasteiger partial charge in [-0.15, -0.1) is 0 Å². The van der Waals surface area contributed by atoms with E-state index in [0.29, 0.717) is 5.02 Å². The van der Waals surface area contributed by atoms with Gasteiger partial charge in [-0.2, -0.15) is 0 Å². The van der Waals surface area contributed by atoms with Crippen LogP contribution in [-0.2, 0) is 20.7 Å². The lowest BCUT2D eigenvalue weighted by Gasteiger charge is -2.14. The molecule has 0 fully saturated rings. The highest BCUT2D eigenvalue weighted by Gasteiger charge is 2.19. The minimum Gasteiger partial charge on any atom is -0.452 e. The first kappa shape index (κ1) is 19.1. The Kier molecular flexibility index (Phi) is 5.94. The second-order valence-corrected chi connectivity index (χ2v) is 6.81. The van der Waals surface area contributed by atoms with Crippen molar-refractivity contribution in [2.24, 2.45) is 0 Å². The molecule has 0 aliphatic heterocycles. The molecule has 0 bridgehead atoms. The number of nitrogens with one attached hydrogen (secondary N) is 1. The highest BCUT2D eigenvalue weighted by molar-refractivity contribution is 6.36. The van der Waals surface area contributed by atoms with Gasteiger partial charge in [0.2, 0.25) is 0 Å². The average molecular weight is 403 g/mol. The molecule has 0 aliphatic carbocycles. The molecule has 0 saturated carbocycles. The molecular weight excluding hydrogens is 387 g/mol. The van der Waals surface area contributed by atoms with E-state index in [4.69, 9.17) is 27.9 Å². The van der Waals surface area contributed by atoms with Crippen molar-refractivity contribution < 1.29 is 14.3 Å².